The van der Waals surface area contributed by atoms with Crippen molar-refractivity contribution in [3.63, 3.8) is 0 Å². The second-order valence-corrected chi connectivity index (χ2v) is 5.04. The lowest BCUT2D eigenvalue weighted by molar-refractivity contribution is -0.137. The summed E-state index contributed by atoms with van der Waals surface area (Å²) in [4.78, 5) is 23.1. The Bertz CT molecular complexity index is 633. The Hall–Kier alpha value is -2.37. The van der Waals surface area contributed by atoms with E-state index < -0.39 is 12.0 Å². The van der Waals surface area contributed by atoms with Crippen LogP contribution in [0.1, 0.15) is 30.8 Å². The Balaban J connectivity index is 2.20. The maximum absolute atomic E-state index is 12.2. The number of aromatic amines is 1. The predicted molar refractivity (Wildman–Crippen MR) is 74.4 cm³/mol. The first-order chi connectivity index (χ1) is 9.49. The average molecular weight is 275 g/mol. The average Bonchev–Trinajstić information content (AvgIpc) is 2.81. The highest BCUT2D eigenvalue weighted by molar-refractivity contribution is 6.04. The fourth-order valence-electron chi connectivity index (χ4n) is 2.01. The molecule has 0 aliphatic heterocycles. The number of aliphatic carboxylic acids is 1. The van der Waals surface area contributed by atoms with Crippen molar-refractivity contribution in [3.05, 3.63) is 30.0 Å². The van der Waals surface area contributed by atoms with Gasteiger partial charge in [-0.2, -0.15) is 5.10 Å². The monoisotopic (exact) mass is 275 g/mol. The number of carboxylic acids is 1. The van der Waals surface area contributed by atoms with Gasteiger partial charge in [0.25, 0.3) is 5.91 Å². The molecular formula is C14H17N3O3. The van der Waals surface area contributed by atoms with Crippen LogP contribution in [0.5, 0.6) is 0 Å². The number of amides is 1. The number of nitrogens with one attached hydrogen (secondary N) is 2. The first-order valence-electron chi connectivity index (χ1n) is 6.44. The molecule has 6 nitrogen and oxygen atoms in total. The van der Waals surface area contributed by atoms with Gasteiger partial charge in [0.05, 0.1) is 11.9 Å². The minimum absolute atomic E-state index is 0.0280. The second kappa shape index (κ2) is 5.73. The van der Waals surface area contributed by atoms with Crippen LogP contribution < -0.4 is 5.32 Å². The van der Waals surface area contributed by atoms with Crippen LogP contribution >= 0.6 is 0 Å². The van der Waals surface area contributed by atoms with E-state index in [0.717, 1.165) is 10.9 Å². The lowest BCUT2D eigenvalue weighted by atomic mass is 10.0. The third-order valence-corrected chi connectivity index (χ3v) is 3.20. The van der Waals surface area contributed by atoms with Crippen molar-refractivity contribution in [3.8, 4) is 0 Å². The van der Waals surface area contributed by atoms with Crippen molar-refractivity contribution >= 4 is 22.8 Å². The van der Waals surface area contributed by atoms with Crippen LogP contribution in [-0.2, 0) is 4.79 Å². The molecule has 1 aromatic carbocycles. The molecule has 106 valence electrons. The first-order valence-corrected chi connectivity index (χ1v) is 6.44. The molecular weight excluding hydrogens is 258 g/mol. The SMILES string of the molecule is CC(C)C(CC(=O)O)NC(=O)c1n[nH]c2ccccc12. The number of rotatable bonds is 5. The van der Waals surface area contributed by atoms with E-state index in [1.54, 1.807) is 6.07 Å². The molecule has 1 aromatic heterocycles. The molecule has 0 aliphatic carbocycles. The number of hydrogen-bond donors (Lipinski definition) is 3. The van der Waals surface area contributed by atoms with Gasteiger partial charge in [-0.15, -0.1) is 0 Å². The highest BCUT2D eigenvalue weighted by atomic mass is 16.4. The van der Waals surface area contributed by atoms with E-state index in [0.29, 0.717) is 0 Å². The lowest BCUT2D eigenvalue weighted by Gasteiger charge is -2.20. The van der Waals surface area contributed by atoms with Gasteiger partial charge < -0.3 is 10.4 Å². The predicted octanol–water partition coefficient (Wildman–Crippen LogP) is 1.79. The van der Waals surface area contributed by atoms with Crippen LogP contribution in [0.4, 0.5) is 0 Å². The van der Waals surface area contributed by atoms with E-state index in [2.05, 4.69) is 15.5 Å². The fraction of sp³-hybridized carbons (Fsp3) is 0.357. The number of nitrogens with zero attached hydrogens (tertiary/aromatic N) is 1. The van der Waals surface area contributed by atoms with Gasteiger partial charge in [0.15, 0.2) is 5.69 Å². The zero-order valence-corrected chi connectivity index (χ0v) is 11.4. The standard InChI is InChI=1S/C14H17N3O3/c1-8(2)11(7-12(18)19)15-14(20)13-9-5-3-4-6-10(9)16-17-13/h3-6,8,11H,7H2,1-2H3,(H,15,20)(H,16,17)(H,18,19). The number of carbonyl (C=O) groups is 2. The maximum atomic E-state index is 12.2. The molecule has 0 aliphatic rings. The number of fused-ring (bicyclic) bond motifs is 1. The van der Waals surface area contributed by atoms with Crippen molar-refractivity contribution < 1.29 is 14.7 Å². The van der Waals surface area contributed by atoms with Gasteiger partial charge >= 0.3 is 5.97 Å². The summed E-state index contributed by atoms with van der Waals surface area (Å²) in [5.74, 6) is -1.27. The Morgan fingerprint density at radius 3 is 2.70 bits per heavy atom. The van der Waals surface area contributed by atoms with Crippen molar-refractivity contribution in [2.75, 3.05) is 0 Å². The molecule has 0 saturated carbocycles. The van der Waals surface area contributed by atoms with Crippen molar-refractivity contribution in [1.82, 2.24) is 15.5 Å². The molecule has 0 radical (unpaired) electrons. The highest BCUT2D eigenvalue weighted by Gasteiger charge is 2.22. The number of benzene rings is 1. The molecule has 1 atom stereocenters. The van der Waals surface area contributed by atoms with Crippen LogP contribution in [0.3, 0.4) is 0 Å². The van der Waals surface area contributed by atoms with Gasteiger partial charge in [-0.1, -0.05) is 32.0 Å². The molecule has 0 fully saturated rings. The Kier molecular flexibility index (Phi) is 4.02. The number of carbonyl (C=O) groups excluding carboxylic acids is 1. The summed E-state index contributed by atoms with van der Waals surface area (Å²) in [5, 5.41) is 19.1. The number of carboxylic acid groups (broad SMARTS) is 1. The number of H-pyrrole nitrogens is 1. The summed E-state index contributed by atoms with van der Waals surface area (Å²) < 4.78 is 0. The summed E-state index contributed by atoms with van der Waals surface area (Å²) in [6, 6.07) is 6.89. The summed E-state index contributed by atoms with van der Waals surface area (Å²) in [6.07, 6.45) is -0.105. The van der Waals surface area contributed by atoms with E-state index in [9.17, 15) is 9.59 Å². The number of aromatic nitrogens is 2. The number of para-hydroxylation sites is 1. The maximum Gasteiger partial charge on any atom is 0.305 e. The van der Waals surface area contributed by atoms with Crippen molar-refractivity contribution in [1.29, 1.82) is 0 Å². The highest BCUT2D eigenvalue weighted by Crippen LogP contribution is 2.16. The summed E-state index contributed by atoms with van der Waals surface area (Å²) >= 11 is 0. The third-order valence-electron chi connectivity index (χ3n) is 3.20. The zero-order chi connectivity index (χ0) is 14.7. The van der Waals surface area contributed by atoms with Crippen LogP contribution in [0.15, 0.2) is 24.3 Å². The molecule has 2 rings (SSSR count). The second-order valence-electron chi connectivity index (χ2n) is 5.04. The van der Waals surface area contributed by atoms with Gasteiger partial charge in [-0.3, -0.25) is 14.7 Å². The van der Waals surface area contributed by atoms with Gasteiger partial charge in [0, 0.05) is 11.4 Å². The van der Waals surface area contributed by atoms with Gasteiger partial charge in [-0.25, -0.2) is 0 Å². The van der Waals surface area contributed by atoms with Crippen LogP contribution in [-0.4, -0.2) is 33.2 Å². The minimum Gasteiger partial charge on any atom is -0.481 e. The third kappa shape index (κ3) is 2.96. The Morgan fingerprint density at radius 2 is 2.05 bits per heavy atom. The fourth-order valence-corrected chi connectivity index (χ4v) is 2.01. The summed E-state index contributed by atoms with van der Waals surface area (Å²) in [5.41, 5.74) is 1.06. The van der Waals surface area contributed by atoms with Crippen LogP contribution in [0.2, 0.25) is 0 Å². The van der Waals surface area contributed by atoms with E-state index in [-0.39, 0.29) is 23.9 Å². The van der Waals surface area contributed by atoms with Crippen molar-refractivity contribution in [2.45, 2.75) is 26.3 Å². The number of hydrogen-bond acceptors (Lipinski definition) is 3. The largest absolute Gasteiger partial charge is 0.481 e. The topological polar surface area (TPSA) is 95.1 Å². The summed E-state index contributed by atoms with van der Waals surface area (Å²) in [7, 11) is 0. The van der Waals surface area contributed by atoms with Gasteiger partial charge in [0.1, 0.15) is 0 Å². The van der Waals surface area contributed by atoms with E-state index >= 15 is 0 Å². The normalized spacial score (nSPS) is 12.6. The molecule has 2 aromatic rings. The van der Waals surface area contributed by atoms with Gasteiger partial charge in [-0.05, 0) is 12.0 Å². The molecule has 1 unspecified atom stereocenters. The minimum atomic E-state index is -0.934. The molecule has 3 N–H and O–H groups in total. The molecule has 1 heterocycles. The smallest absolute Gasteiger partial charge is 0.305 e. The molecule has 20 heavy (non-hydrogen) atoms. The van der Waals surface area contributed by atoms with Crippen LogP contribution in [0.25, 0.3) is 10.9 Å². The lowest BCUT2D eigenvalue weighted by Crippen LogP contribution is -2.40. The summed E-state index contributed by atoms with van der Waals surface area (Å²) in [6.45, 7) is 3.74. The Labute approximate surface area is 116 Å². The van der Waals surface area contributed by atoms with Crippen molar-refractivity contribution in [2.24, 2.45) is 5.92 Å². The molecule has 0 bridgehead atoms. The zero-order valence-electron chi connectivity index (χ0n) is 11.4. The van der Waals surface area contributed by atoms with Gasteiger partial charge in [0.2, 0.25) is 0 Å². The molecule has 0 saturated heterocycles. The van der Waals surface area contributed by atoms with Crippen LogP contribution in [0, 0.1) is 5.92 Å². The molecule has 1 amide bonds. The Morgan fingerprint density at radius 1 is 1.35 bits per heavy atom. The quantitative estimate of drug-likeness (QED) is 0.775. The van der Waals surface area contributed by atoms with E-state index in [1.165, 1.54) is 0 Å². The first kappa shape index (κ1) is 14.0. The van der Waals surface area contributed by atoms with E-state index in [1.807, 2.05) is 32.0 Å². The van der Waals surface area contributed by atoms with E-state index in [4.69, 9.17) is 5.11 Å². The molecule has 6 heteroatoms. The molecule has 0 spiro atoms.